The van der Waals surface area contributed by atoms with Crippen molar-refractivity contribution >= 4 is 17.5 Å². The van der Waals surface area contributed by atoms with Crippen molar-refractivity contribution in [3.05, 3.63) is 140 Å². The Bertz CT molecular complexity index is 2380. The summed E-state index contributed by atoms with van der Waals surface area (Å²) in [5, 5.41) is 3.15. The highest BCUT2D eigenvalue weighted by Gasteiger charge is 2.31. The number of hydrogen-bond acceptors (Lipinski definition) is 7. The van der Waals surface area contributed by atoms with Crippen LogP contribution in [0.15, 0.2) is 107 Å². The van der Waals surface area contributed by atoms with Gasteiger partial charge in [-0.2, -0.15) is 26.3 Å². The molecular formula is C37H28ClF6N7O3. The van der Waals surface area contributed by atoms with Gasteiger partial charge in [-0.1, -0.05) is 49.7 Å². The van der Waals surface area contributed by atoms with Gasteiger partial charge < -0.3 is 15.3 Å². The summed E-state index contributed by atoms with van der Waals surface area (Å²) in [5.41, 5.74) is 0.544. The van der Waals surface area contributed by atoms with E-state index in [-0.39, 0.29) is 41.4 Å². The van der Waals surface area contributed by atoms with E-state index in [4.69, 9.17) is 11.6 Å². The van der Waals surface area contributed by atoms with Gasteiger partial charge in [0.1, 0.15) is 11.6 Å². The molecule has 0 spiro atoms. The predicted octanol–water partition coefficient (Wildman–Crippen LogP) is 7.96. The number of nitrogens with one attached hydrogen (secondary N) is 3. The Morgan fingerprint density at radius 3 is 1.54 bits per heavy atom. The Kier molecular flexibility index (Phi) is 11.7. The van der Waals surface area contributed by atoms with Crippen LogP contribution >= 0.6 is 11.6 Å². The molecule has 1 amide bonds. The Balaban J connectivity index is 0.000000213. The monoisotopic (exact) mass is 767 g/mol. The Hall–Kier alpha value is -6.16. The molecule has 278 valence electrons. The minimum atomic E-state index is -4.44. The molecule has 2 aromatic carbocycles. The number of carbonyl (C=O) groups is 1. The SMILES string of the molecule is CC(C)C(=O)NCc1cncc(-c2nc(-c3ccc(C(F)(F)F)cc3)cc(=O)[nH]2)c1.O=c1cc(-c2ccc(C(F)(F)F)cc2)nc(-c2cncc(Cl)c2)[nH]1. The van der Waals surface area contributed by atoms with Crippen molar-refractivity contribution in [2.24, 2.45) is 5.92 Å². The van der Waals surface area contributed by atoms with Crippen LogP contribution in [-0.2, 0) is 23.7 Å². The smallest absolute Gasteiger partial charge is 0.352 e. The summed E-state index contributed by atoms with van der Waals surface area (Å²) in [6.07, 6.45) is -2.87. The van der Waals surface area contributed by atoms with Crippen molar-refractivity contribution in [3.8, 4) is 45.3 Å². The summed E-state index contributed by atoms with van der Waals surface area (Å²) in [5.74, 6) is 0.199. The lowest BCUT2D eigenvalue weighted by molar-refractivity contribution is -0.138. The van der Waals surface area contributed by atoms with Crippen LogP contribution in [0.1, 0.15) is 30.5 Å². The quantitative estimate of drug-likeness (QED) is 0.140. The van der Waals surface area contributed by atoms with E-state index in [0.29, 0.717) is 32.8 Å². The summed E-state index contributed by atoms with van der Waals surface area (Å²) in [6.45, 7) is 3.83. The molecule has 0 aliphatic rings. The molecule has 4 heterocycles. The van der Waals surface area contributed by atoms with Crippen LogP contribution in [0.3, 0.4) is 0 Å². The number of carbonyl (C=O) groups excluding carboxylic acids is 1. The molecule has 10 nitrogen and oxygen atoms in total. The number of alkyl halides is 6. The highest BCUT2D eigenvalue weighted by atomic mass is 35.5. The van der Waals surface area contributed by atoms with E-state index in [0.717, 1.165) is 24.3 Å². The average Bonchev–Trinajstić information content (AvgIpc) is 3.13. The first-order chi connectivity index (χ1) is 25.5. The zero-order valence-corrected chi connectivity index (χ0v) is 28.9. The van der Waals surface area contributed by atoms with Gasteiger partial charge in [0, 0.05) is 71.6 Å². The third-order valence-corrected chi connectivity index (χ3v) is 7.74. The summed E-state index contributed by atoms with van der Waals surface area (Å²) >= 11 is 5.86. The number of benzene rings is 2. The fourth-order valence-electron chi connectivity index (χ4n) is 4.79. The third-order valence-electron chi connectivity index (χ3n) is 7.54. The van der Waals surface area contributed by atoms with Crippen LogP contribution in [0.2, 0.25) is 5.02 Å². The summed E-state index contributed by atoms with van der Waals surface area (Å²) in [6, 6.07) is 14.6. The van der Waals surface area contributed by atoms with Crippen molar-refractivity contribution in [2.45, 2.75) is 32.7 Å². The maximum atomic E-state index is 12.8. The largest absolute Gasteiger partial charge is 0.416 e. The molecule has 54 heavy (non-hydrogen) atoms. The maximum Gasteiger partial charge on any atom is 0.416 e. The van der Waals surface area contributed by atoms with Gasteiger partial charge in [-0.05, 0) is 42.0 Å². The van der Waals surface area contributed by atoms with Crippen molar-refractivity contribution in [1.82, 2.24) is 35.2 Å². The number of pyridine rings is 2. The van der Waals surface area contributed by atoms with Crippen LogP contribution in [-0.4, -0.2) is 35.8 Å². The first-order valence-electron chi connectivity index (χ1n) is 15.9. The molecule has 0 radical (unpaired) electrons. The molecular weight excluding hydrogens is 740 g/mol. The second-order valence-corrected chi connectivity index (χ2v) is 12.4. The lowest BCUT2D eigenvalue weighted by Crippen LogP contribution is -2.27. The fraction of sp³-hybridized carbons (Fsp3) is 0.162. The number of aromatic amines is 2. The standard InChI is InChI=1S/C21H19F3N4O2.C16H9ClF3N3O/c1-12(2)20(30)26-10-13-7-15(11-25-9-13)19-27-17(8-18(29)28-19)14-3-5-16(6-4-14)21(22,23)24;17-12-5-10(7-21-8-12)15-22-13(6-14(24)23-15)9-1-3-11(4-2-9)16(18,19)20/h3-9,11-12H,10H2,1-2H3,(H,26,30)(H,27,28,29);1-8H,(H,22,23,24). The van der Waals surface area contributed by atoms with E-state index >= 15 is 0 Å². The van der Waals surface area contributed by atoms with Crippen LogP contribution in [0.25, 0.3) is 45.3 Å². The molecule has 17 heteroatoms. The number of rotatable bonds is 7. The van der Waals surface area contributed by atoms with Crippen molar-refractivity contribution in [3.63, 3.8) is 0 Å². The lowest BCUT2D eigenvalue weighted by atomic mass is 10.1. The van der Waals surface area contributed by atoms with Crippen LogP contribution < -0.4 is 16.4 Å². The first kappa shape index (κ1) is 39.1. The Morgan fingerprint density at radius 1 is 0.667 bits per heavy atom. The van der Waals surface area contributed by atoms with Gasteiger partial charge in [0.2, 0.25) is 5.91 Å². The highest BCUT2D eigenvalue weighted by Crippen LogP contribution is 2.32. The van der Waals surface area contributed by atoms with Gasteiger partial charge >= 0.3 is 12.4 Å². The Morgan fingerprint density at radius 2 is 1.11 bits per heavy atom. The van der Waals surface area contributed by atoms with E-state index in [1.54, 1.807) is 32.2 Å². The highest BCUT2D eigenvalue weighted by molar-refractivity contribution is 6.30. The molecule has 0 saturated carbocycles. The molecule has 6 rings (SSSR count). The summed E-state index contributed by atoms with van der Waals surface area (Å²) in [4.78, 5) is 57.5. The second kappa shape index (κ2) is 16.2. The zero-order valence-electron chi connectivity index (χ0n) is 28.2. The van der Waals surface area contributed by atoms with Gasteiger partial charge in [0.05, 0.1) is 27.5 Å². The van der Waals surface area contributed by atoms with E-state index in [1.165, 1.54) is 55.0 Å². The van der Waals surface area contributed by atoms with Crippen molar-refractivity contribution < 1.29 is 31.1 Å². The number of amides is 1. The molecule has 0 atom stereocenters. The van der Waals surface area contributed by atoms with E-state index in [1.807, 2.05) is 0 Å². The molecule has 0 aliphatic carbocycles. The summed E-state index contributed by atoms with van der Waals surface area (Å²) < 4.78 is 76.1. The normalized spacial score (nSPS) is 11.5. The molecule has 0 aliphatic heterocycles. The third kappa shape index (κ3) is 10.2. The average molecular weight is 768 g/mol. The fourth-order valence-corrected chi connectivity index (χ4v) is 4.97. The van der Waals surface area contributed by atoms with E-state index in [9.17, 15) is 40.7 Å². The zero-order chi connectivity index (χ0) is 39.2. The number of hydrogen-bond donors (Lipinski definition) is 3. The molecule has 3 N–H and O–H groups in total. The second-order valence-electron chi connectivity index (χ2n) is 12.0. The van der Waals surface area contributed by atoms with Crippen LogP contribution in [0.5, 0.6) is 0 Å². The molecule has 0 fully saturated rings. The molecule has 0 saturated heterocycles. The van der Waals surface area contributed by atoms with Gasteiger partial charge in [-0.15, -0.1) is 0 Å². The van der Waals surface area contributed by atoms with Gasteiger partial charge in [-0.25, -0.2) is 9.97 Å². The van der Waals surface area contributed by atoms with Crippen molar-refractivity contribution in [1.29, 1.82) is 0 Å². The number of nitrogens with zero attached hydrogens (tertiary/aromatic N) is 4. The van der Waals surface area contributed by atoms with Crippen LogP contribution in [0.4, 0.5) is 26.3 Å². The number of halogens is 7. The molecule has 0 unspecified atom stereocenters. The maximum absolute atomic E-state index is 12.8. The minimum Gasteiger partial charge on any atom is -0.352 e. The summed E-state index contributed by atoms with van der Waals surface area (Å²) in [7, 11) is 0. The molecule has 6 aromatic rings. The first-order valence-corrected chi connectivity index (χ1v) is 16.2. The number of H-pyrrole nitrogens is 2. The van der Waals surface area contributed by atoms with Crippen molar-refractivity contribution in [2.75, 3.05) is 0 Å². The van der Waals surface area contributed by atoms with E-state index < -0.39 is 34.6 Å². The van der Waals surface area contributed by atoms with Gasteiger partial charge in [0.15, 0.2) is 0 Å². The topological polar surface area (TPSA) is 146 Å². The van der Waals surface area contributed by atoms with Gasteiger partial charge in [0.25, 0.3) is 11.1 Å². The predicted molar refractivity (Wildman–Crippen MR) is 189 cm³/mol. The van der Waals surface area contributed by atoms with Crippen LogP contribution in [0, 0.1) is 5.92 Å². The van der Waals surface area contributed by atoms with Gasteiger partial charge in [-0.3, -0.25) is 24.4 Å². The Labute approximate surface area is 307 Å². The molecule has 0 bridgehead atoms. The lowest BCUT2D eigenvalue weighted by Gasteiger charge is -2.10. The minimum absolute atomic E-state index is 0.101. The number of aromatic nitrogens is 6. The molecule has 4 aromatic heterocycles. The van der Waals surface area contributed by atoms with E-state index in [2.05, 4.69) is 35.2 Å².